The third kappa shape index (κ3) is 13.6. The molecular formula is C19H32N2O2. The van der Waals surface area contributed by atoms with Gasteiger partial charge in [-0.3, -0.25) is 9.97 Å². The average Bonchev–Trinajstić information content (AvgIpc) is 2.63. The van der Waals surface area contributed by atoms with E-state index in [1.54, 1.807) is 26.6 Å². The Labute approximate surface area is 141 Å². The summed E-state index contributed by atoms with van der Waals surface area (Å²) in [5.74, 6) is 0. The van der Waals surface area contributed by atoms with Crippen molar-refractivity contribution in [2.24, 2.45) is 0 Å². The Morgan fingerprint density at radius 2 is 1.30 bits per heavy atom. The highest BCUT2D eigenvalue weighted by atomic mass is 16.5. The van der Waals surface area contributed by atoms with Gasteiger partial charge in [-0.2, -0.15) is 0 Å². The highest BCUT2D eigenvalue weighted by molar-refractivity contribution is 5.11. The first kappa shape index (κ1) is 23.5. The quantitative estimate of drug-likeness (QED) is 0.810. The Morgan fingerprint density at radius 3 is 1.74 bits per heavy atom. The van der Waals surface area contributed by atoms with Crippen molar-refractivity contribution in [3.05, 3.63) is 59.7 Å². The van der Waals surface area contributed by atoms with E-state index >= 15 is 0 Å². The summed E-state index contributed by atoms with van der Waals surface area (Å²) in [5, 5.41) is 0. The van der Waals surface area contributed by atoms with Crippen LogP contribution in [0, 0.1) is 6.92 Å². The fourth-order valence-corrected chi connectivity index (χ4v) is 1.40. The Hall–Kier alpha value is -1.78. The van der Waals surface area contributed by atoms with Gasteiger partial charge in [0.1, 0.15) is 0 Å². The zero-order chi connectivity index (χ0) is 17.9. The fraction of sp³-hybridized carbons (Fsp3) is 0.474. The van der Waals surface area contributed by atoms with Crippen LogP contribution in [0.4, 0.5) is 0 Å². The number of pyridine rings is 2. The molecule has 2 aromatic heterocycles. The van der Waals surface area contributed by atoms with Crippen LogP contribution in [-0.4, -0.2) is 24.2 Å². The molecule has 0 aliphatic heterocycles. The molecule has 0 N–H and O–H groups in total. The van der Waals surface area contributed by atoms with E-state index in [1.807, 2.05) is 65.1 Å². The maximum absolute atomic E-state index is 4.93. The largest absolute Gasteiger partial charge is 0.380 e. The van der Waals surface area contributed by atoms with Gasteiger partial charge < -0.3 is 9.47 Å². The van der Waals surface area contributed by atoms with Crippen molar-refractivity contribution in [3.8, 4) is 0 Å². The number of hydrogen-bond acceptors (Lipinski definition) is 4. The summed E-state index contributed by atoms with van der Waals surface area (Å²) in [5.41, 5.74) is 3.32. The molecule has 4 heteroatoms. The van der Waals surface area contributed by atoms with E-state index in [0.29, 0.717) is 13.2 Å². The van der Waals surface area contributed by atoms with Gasteiger partial charge in [0.15, 0.2) is 0 Å². The summed E-state index contributed by atoms with van der Waals surface area (Å²) in [6.07, 6.45) is 5.35. The minimum absolute atomic E-state index is 0.646. The molecule has 0 aliphatic rings. The van der Waals surface area contributed by atoms with E-state index in [4.69, 9.17) is 9.47 Å². The van der Waals surface area contributed by atoms with Crippen molar-refractivity contribution < 1.29 is 9.47 Å². The van der Waals surface area contributed by atoms with Gasteiger partial charge in [-0.25, -0.2) is 0 Å². The maximum Gasteiger partial charge on any atom is 0.0728 e. The van der Waals surface area contributed by atoms with Crippen molar-refractivity contribution in [1.29, 1.82) is 0 Å². The smallest absolute Gasteiger partial charge is 0.0728 e. The monoisotopic (exact) mass is 320 g/mol. The number of rotatable bonds is 4. The number of aryl methyl sites for hydroxylation is 1. The predicted octanol–water partition coefficient (Wildman–Crippen LogP) is 4.82. The normalized spacial score (nSPS) is 8.48. The summed E-state index contributed by atoms with van der Waals surface area (Å²) in [7, 11) is 3.36. The Kier molecular flexibility index (Phi) is 18.7. The molecule has 0 aliphatic carbocycles. The lowest BCUT2D eigenvalue weighted by Crippen LogP contribution is -1.88. The Bertz CT molecular complexity index is 445. The molecule has 0 spiro atoms. The number of ether oxygens (including phenoxy) is 2. The molecule has 130 valence electrons. The number of hydrogen-bond donors (Lipinski definition) is 0. The second-order valence-corrected chi connectivity index (χ2v) is 4.03. The minimum atomic E-state index is 0.646. The van der Waals surface area contributed by atoms with Gasteiger partial charge in [0.25, 0.3) is 0 Å². The standard InChI is InChI=1S/C8H11NO.C7H9NO.2C2H6/c1-7-3-4-8(5-9-7)6-10-2;1-9-6-7-2-4-8-5-3-7;2*1-2/h3-5H,6H2,1-2H3;2-5H,6H2,1H3;2*1-2H3. The van der Waals surface area contributed by atoms with Gasteiger partial charge in [-0.15, -0.1) is 0 Å². The molecule has 0 saturated carbocycles. The molecule has 0 amide bonds. The highest BCUT2D eigenvalue weighted by Crippen LogP contribution is 1.99. The summed E-state index contributed by atoms with van der Waals surface area (Å²) in [6.45, 7) is 11.3. The van der Waals surface area contributed by atoms with Crippen LogP contribution in [0.3, 0.4) is 0 Å². The second kappa shape index (κ2) is 18.3. The van der Waals surface area contributed by atoms with Crippen LogP contribution in [0.1, 0.15) is 44.5 Å². The van der Waals surface area contributed by atoms with E-state index in [9.17, 15) is 0 Å². The zero-order valence-electron chi connectivity index (χ0n) is 15.7. The van der Waals surface area contributed by atoms with Crippen molar-refractivity contribution in [2.45, 2.75) is 47.8 Å². The van der Waals surface area contributed by atoms with Crippen molar-refractivity contribution >= 4 is 0 Å². The molecule has 0 fully saturated rings. The van der Waals surface area contributed by atoms with E-state index < -0.39 is 0 Å². The van der Waals surface area contributed by atoms with Crippen molar-refractivity contribution in [1.82, 2.24) is 9.97 Å². The van der Waals surface area contributed by atoms with Crippen LogP contribution in [0.15, 0.2) is 42.9 Å². The first-order valence-electron chi connectivity index (χ1n) is 8.04. The summed E-state index contributed by atoms with van der Waals surface area (Å²) >= 11 is 0. The molecule has 23 heavy (non-hydrogen) atoms. The van der Waals surface area contributed by atoms with Gasteiger partial charge in [-0.05, 0) is 36.2 Å². The van der Waals surface area contributed by atoms with Crippen LogP contribution in [0.25, 0.3) is 0 Å². The number of nitrogens with zero attached hydrogens (tertiary/aromatic N) is 2. The third-order valence-electron chi connectivity index (χ3n) is 2.34. The highest BCUT2D eigenvalue weighted by Gasteiger charge is 1.89. The molecule has 2 heterocycles. The fourth-order valence-electron chi connectivity index (χ4n) is 1.40. The molecule has 0 aromatic carbocycles. The summed E-state index contributed by atoms with van der Waals surface area (Å²) in [4.78, 5) is 7.99. The first-order valence-corrected chi connectivity index (χ1v) is 8.04. The van der Waals surface area contributed by atoms with Crippen LogP contribution in [0.5, 0.6) is 0 Å². The zero-order valence-corrected chi connectivity index (χ0v) is 15.7. The number of methoxy groups -OCH3 is 2. The maximum atomic E-state index is 4.93. The van der Waals surface area contributed by atoms with Crippen LogP contribution < -0.4 is 0 Å². The molecule has 2 rings (SSSR count). The molecule has 0 unspecified atom stereocenters. The number of aromatic nitrogens is 2. The van der Waals surface area contributed by atoms with Crippen molar-refractivity contribution in [3.63, 3.8) is 0 Å². The lowest BCUT2D eigenvalue weighted by molar-refractivity contribution is 0.184. The van der Waals surface area contributed by atoms with Gasteiger partial charge in [-0.1, -0.05) is 33.8 Å². The second-order valence-electron chi connectivity index (χ2n) is 4.03. The SMILES string of the molecule is CC.CC.COCc1ccc(C)nc1.COCc1ccncc1. The Balaban J connectivity index is 0. The van der Waals surface area contributed by atoms with E-state index in [1.165, 1.54) is 0 Å². The minimum Gasteiger partial charge on any atom is -0.380 e. The molecule has 0 bridgehead atoms. The molecular weight excluding hydrogens is 288 g/mol. The van der Waals surface area contributed by atoms with Gasteiger partial charge in [0.2, 0.25) is 0 Å². The molecule has 4 nitrogen and oxygen atoms in total. The van der Waals surface area contributed by atoms with Crippen LogP contribution in [-0.2, 0) is 22.7 Å². The van der Waals surface area contributed by atoms with Gasteiger partial charge in [0, 0.05) is 38.5 Å². The van der Waals surface area contributed by atoms with Gasteiger partial charge in [0.05, 0.1) is 13.2 Å². The lowest BCUT2D eigenvalue weighted by atomic mass is 10.3. The van der Waals surface area contributed by atoms with E-state index in [2.05, 4.69) is 9.97 Å². The third-order valence-corrected chi connectivity index (χ3v) is 2.34. The van der Waals surface area contributed by atoms with Crippen LogP contribution >= 0.6 is 0 Å². The topological polar surface area (TPSA) is 44.2 Å². The predicted molar refractivity (Wildman–Crippen MR) is 97.3 cm³/mol. The Morgan fingerprint density at radius 1 is 0.783 bits per heavy atom. The van der Waals surface area contributed by atoms with Crippen LogP contribution in [0.2, 0.25) is 0 Å². The van der Waals surface area contributed by atoms with Crippen molar-refractivity contribution in [2.75, 3.05) is 14.2 Å². The van der Waals surface area contributed by atoms with E-state index in [0.717, 1.165) is 16.8 Å². The molecule has 2 aromatic rings. The van der Waals surface area contributed by atoms with E-state index in [-0.39, 0.29) is 0 Å². The first-order chi connectivity index (χ1) is 11.3. The summed E-state index contributed by atoms with van der Waals surface area (Å²) < 4.78 is 9.83. The van der Waals surface area contributed by atoms with Gasteiger partial charge >= 0.3 is 0 Å². The molecule has 0 radical (unpaired) electrons. The average molecular weight is 320 g/mol. The molecule has 0 saturated heterocycles. The lowest BCUT2D eigenvalue weighted by Gasteiger charge is -1.97. The molecule has 0 atom stereocenters. The summed E-state index contributed by atoms with van der Waals surface area (Å²) in [6, 6.07) is 7.87.